The number of rotatable bonds is 8. The topological polar surface area (TPSA) is 116 Å². The van der Waals surface area contributed by atoms with Crippen molar-refractivity contribution in [1.82, 2.24) is 5.43 Å². The zero-order valence-corrected chi connectivity index (χ0v) is 11.3. The number of nitrogens with zero attached hydrogens (tertiary/aromatic N) is 1. The summed E-state index contributed by atoms with van der Waals surface area (Å²) in [6.45, 7) is 0. The zero-order chi connectivity index (χ0) is 15.7. The van der Waals surface area contributed by atoms with Crippen LogP contribution < -0.4 is 5.43 Å². The van der Waals surface area contributed by atoms with Gasteiger partial charge in [-0.25, -0.2) is 5.43 Å². The van der Waals surface area contributed by atoms with Crippen LogP contribution in [0.4, 0.5) is 0 Å². The molecule has 0 saturated heterocycles. The van der Waals surface area contributed by atoms with Gasteiger partial charge in [-0.3, -0.25) is 14.4 Å². The second-order valence-electron chi connectivity index (χ2n) is 4.27. The lowest BCUT2D eigenvalue weighted by Gasteiger charge is -2.05. The van der Waals surface area contributed by atoms with Gasteiger partial charge in [-0.15, -0.1) is 0 Å². The third kappa shape index (κ3) is 6.86. The van der Waals surface area contributed by atoms with Crippen LogP contribution in [0.2, 0.25) is 0 Å². The normalized spacial score (nSPS) is 9.71. The van der Waals surface area contributed by atoms with Crippen molar-refractivity contribution in [3.05, 3.63) is 35.9 Å². The summed E-state index contributed by atoms with van der Waals surface area (Å²) in [6, 6.07) is 8.39. The Morgan fingerprint density at radius 1 is 0.905 bits per heavy atom. The number of hydrogen-bond donors (Lipinski definition) is 3. The number of carbonyl (C=O) groups excluding carboxylic acids is 1. The van der Waals surface area contributed by atoms with Crippen LogP contribution in [0.1, 0.15) is 36.0 Å². The Morgan fingerprint density at radius 3 is 1.90 bits per heavy atom. The Kier molecular flexibility index (Phi) is 6.59. The molecule has 1 aromatic carbocycles. The van der Waals surface area contributed by atoms with E-state index in [1.807, 2.05) is 0 Å². The van der Waals surface area contributed by atoms with E-state index < -0.39 is 17.8 Å². The molecule has 7 heteroatoms. The van der Waals surface area contributed by atoms with E-state index in [0.717, 1.165) is 0 Å². The SMILES string of the molecule is O=C(O)CCC(CCC(=O)O)=NNC(=O)c1ccccc1. The fraction of sp³-hybridized carbons (Fsp3) is 0.286. The van der Waals surface area contributed by atoms with Crippen LogP contribution in [0.25, 0.3) is 0 Å². The molecule has 21 heavy (non-hydrogen) atoms. The average molecular weight is 292 g/mol. The van der Waals surface area contributed by atoms with Gasteiger partial charge in [-0.05, 0) is 25.0 Å². The van der Waals surface area contributed by atoms with Crippen LogP contribution in [0.3, 0.4) is 0 Å². The largest absolute Gasteiger partial charge is 0.481 e. The molecule has 0 bridgehead atoms. The lowest BCUT2D eigenvalue weighted by Crippen LogP contribution is -2.20. The maximum atomic E-state index is 11.8. The van der Waals surface area contributed by atoms with Crippen molar-refractivity contribution < 1.29 is 24.6 Å². The fourth-order valence-electron chi connectivity index (χ4n) is 1.52. The summed E-state index contributed by atoms with van der Waals surface area (Å²) in [5, 5.41) is 21.1. The molecule has 1 amide bonds. The maximum absolute atomic E-state index is 11.8. The molecule has 0 heterocycles. The monoisotopic (exact) mass is 292 g/mol. The van der Waals surface area contributed by atoms with Gasteiger partial charge in [0.05, 0.1) is 12.8 Å². The predicted octanol–water partition coefficient (Wildman–Crippen LogP) is 1.50. The van der Waals surface area contributed by atoms with Gasteiger partial charge in [-0.2, -0.15) is 5.10 Å². The van der Waals surface area contributed by atoms with Gasteiger partial charge < -0.3 is 10.2 Å². The van der Waals surface area contributed by atoms with Crippen molar-refractivity contribution in [2.45, 2.75) is 25.7 Å². The second-order valence-corrected chi connectivity index (χ2v) is 4.27. The van der Waals surface area contributed by atoms with Gasteiger partial charge in [0, 0.05) is 11.3 Å². The Morgan fingerprint density at radius 2 is 1.43 bits per heavy atom. The number of carboxylic acids is 2. The first-order chi connectivity index (χ1) is 9.99. The van der Waals surface area contributed by atoms with Crippen LogP contribution in [0.15, 0.2) is 35.4 Å². The number of benzene rings is 1. The molecular formula is C14H16N2O5. The number of carbonyl (C=O) groups is 3. The third-order valence-corrected chi connectivity index (χ3v) is 2.61. The van der Waals surface area contributed by atoms with Crippen LogP contribution >= 0.6 is 0 Å². The summed E-state index contributed by atoms with van der Waals surface area (Å²) in [7, 11) is 0. The third-order valence-electron chi connectivity index (χ3n) is 2.61. The number of amides is 1. The van der Waals surface area contributed by atoms with E-state index >= 15 is 0 Å². The van der Waals surface area contributed by atoms with Crippen LogP contribution in [-0.2, 0) is 9.59 Å². The first-order valence-electron chi connectivity index (χ1n) is 6.33. The highest BCUT2D eigenvalue weighted by Crippen LogP contribution is 2.03. The van der Waals surface area contributed by atoms with Crippen LogP contribution in [0, 0.1) is 0 Å². The Bertz CT molecular complexity index is 520. The number of hydrogen-bond acceptors (Lipinski definition) is 4. The lowest BCUT2D eigenvalue weighted by molar-refractivity contribution is -0.137. The smallest absolute Gasteiger partial charge is 0.303 e. The first-order valence-corrected chi connectivity index (χ1v) is 6.33. The van der Waals surface area contributed by atoms with Gasteiger partial charge >= 0.3 is 11.9 Å². The number of aliphatic carboxylic acids is 2. The Labute approximate surface area is 121 Å². The number of hydrazone groups is 1. The summed E-state index contributed by atoms with van der Waals surface area (Å²) < 4.78 is 0. The highest BCUT2D eigenvalue weighted by molar-refractivity contribution is 5.96. The molecule has 0 saturated carbocycles. The molecule has 0 radical (unpaired) electrons. The predicted molar refractivity (Wildman–Crippen MR) is 75.1 cm³/mol. The van der Waals surface area contributed by atoms with Crippen molar-refractivity contribution >= 4 is 23.6 Å². The van der Waals surface area contributed by atoms with Gasteiger partial charge in [0.25, 0.3) is 5.91 Å². The Balaban J connectivity index is 2.65. The molecule has 0 aromatic heterocycles. The zero-order valence-electron chi connectivity index (χ0n) is 11.3. The molecule has 0 aliphatic carbocycles. The van der Waals surface area contributed by atoms with Crippen molar-refractivity contribution in [2.24, 2.45) is 5.10 Å². The lowest BCUT2D eigenvalue weighted by atomic mass is 10.1. The molecule has 0 atom stereocenters. The molecule has 1 rings (SSSR count). The molecule has 0 unspecified atom stereocenters. The van der Waals surface area contributed by atoms with E-state index in [1.165, 1.54) is 0 Å². The first kappa shape index (κ1) is 16.4. The molecule has 0 spiro atoms. The molecule has 7 nitrogen and oxygen atoms in total. The highest BCUT2D eigenvalue weighted by atomic mass is 16.4. The minimum Gasteiger partial charge on any atom is -0.481 e. The summed E-state index contributed by atoms with van der Waals surface area (Å²) in [6.07, 6.45) is -0.144. The van der Waals surface area contributed by atoms with Gasteiger partial charge in [0.1, 0.15) is 0 Å². The van der Waals surface area contributed by atoms with Crippen molar-refractivity contribution in [3.63, 3.8) is 0 Å². The Hall–Kier alpha value is -2.70. The van der Waals surface area contributed by atoms with E-state index in [0.29, 0.717) is 11.3 Å². The van der Waals surface area contributed by atoms with Gasteiger partial charge in [-0.1, -0.05) is 18.2 Å². The standard InChI is InChI=1S/C14H16N2O5/c17-12(18)8-6-11(7-9-13(19)20)15-16-14(21)10-4-2-1-3-5-10/h1-5H,6-9H2,(H,16,21)(H,17,18)(H,19,20). The van der Waals surface area contributed by atoms with E-state index in [4.69, 9.17) is 10.2 Å². The molecule has 1 aromatic rings. The summed E-state index contributed by atoms with van der Waals surface area (Å²) in [5.74, 6) is -2.45. The highest BCUT2D eigenvalue weighted by Gasteiger charge is 2.09. The van der Waals surface area contributed by atoms with Crippen LogP contribution in [-0.4, -0.2) is 33.8 Å². The molecule has 112 valence electrons. The second kappa shape index (κ2) is 8.47. The fourth-order valence-corrected chi connectivity index (χ4v) is 1.52. The molecule has 0 aliphatic rings. The van der Waals surface area contributed by atoms with Crippen LogP contribution in [0.5, 0.6) is 0 Å². The van der Waals surface area contributed by atoms with E-state index in [-0.39, 0.29) is 25.7 Å². The van der Waals surface area contributed by atoms with E-state index in [9.17, 15) is 14.4 Å². The number of nitrogens with one attached hydrogen (secondary N) is 1. The average Bonchev–Trinajstić information content (AvgIpc) is 2.46. The summed E-state index contributed by atoms with van der Waals surface area (Å²) in [4.78, 5) is 32.9. The van der Waals surface area contributed by atoms with Crippen molar-refractivity contribution in [3.8, 4) is 0 Å². The molecule has 0 aliphatic heterocycles. The quantitative estimate of drug-likeness (QED) is 0.496. The van der Waals surface area contributed by atoms with Gasteiger partial charge in [0.2, 0.25) is 0 Å². The van der Waals surface area contributed by atoms with Crippen molar-refractivity contribution in [2.75, 3.05) is 0 Å². The van der Waals surface area contributed by atoms with E-state index in [1.54, 1.807) is 30.3 Å². The molecule has 3 N–H and O–H groups in total. The number of carboxylic acid groups (broad SMARTS) is 2. The molecular weight excluding hydrogens is 276 g/mol. The minimum absolute atomic E-state index is 0.0949. The summed E-state index contributed by atoms with van der Waals surface area (Å²) >= 11 is 0. The molecule has 0 fully saturated rings. The van der Waals surface area contributed by atoms with Gasteiger partial charge in [0.15, 0.2) is 0 Å². The van der Waals surface area contributed by atoms with Crippen molar-refractivity contribution in [1.29, 1.82) is 0 Å². The minimum atomic E-state index is -1.01. The summed E-state index contributed by atoms with van der Waals surface area (Å²) in [5.41, 5.74) is 3.06. The van der Waals surface area contributed by atoms with E-state index in [2.05, 4.69) is 10.5 Å². The maximum Gasteiger partial charge on any atom is 0.303 e.